The van der Waals surface area contributed by atoms with Gasteiger partial charge in [0, 0.05) is 6.54 Å². The number of carbonyl (C=O) groups excluding carboxylic acids is 1. The van der Waals surface area contributed by atoms with E-state index in [1.54, 1.807) is 6.26 Å². The van der Waals surface area contributed by atoms with E-state index in [1.165, 1.54) is 31.5 Å². The molecule has 0 saturated carbocycles. The molecule has 0 aromatic heterocycles. The molecular weight excluding hydrogens is 396 g/mol. The van der Waals surface area contributed by atoms with Crippen molar-refractivity contribution in [3.05, 3.63) is 0 Å². The first kappa shape index (κ1) is 24.8. The van der Waals surface area contributed by atoms with E-state index in [-0.39, 0.29) is 11.9 Å². The van der Waals surface area contributed by atoms with Crippen LogP contribution < -0.4 is 5.32 Å². The van der Waals surface area contributed by atoms with Gasteiger partial charge >= 0.3 is 0 Å². The number of nitrogens with zero attached hydrogens (tertiary/aromatic N) is 1. The molecule has 2 rings (SSSR count). The zero-order chi connectivity index (χ0) is 21.7. The van der Waals surface area contributed by atoms with Crippen molar-refractivity contribution >= 4 is 17.7 Å². The van der Waals surface area contributed by atoms with Crippen LogP contribution in [0.15, 0.2) is 0 Å². The summed E-state index contributed by atoms with van der Waals surface area (Å²) in [6.07, 6.45) is 1.01. The maximum Gasteiger partial charge on any atom is 0.237 e. The minimum Gasteiger partial charge on any atom is -0.391 e. The summed E-state index contributed by atoms with van der Waals surface area (Å²) < 4.78 is 5.75. The number of hydrogen-bond acceptors (Lipinski definition) is 8. The summed E-state index contributed by atoms with van der Waals surface area (Å²) in [5.41, 5.74) is -0.756. The number of thioether (sulfide) groups is 1. The van der Waals surface area contributed by atoms with Gasteiger partial charge in [0.25, 0.3) is 0 Å². The van der Waals surface area contributed by atoms with Crippen LogP contribution in [0, 0.1) is 5.92 Å². The van der Waals surface area contributed by atoms with Gasteiger partial charge in [-0.05, 0) is 39.0 Å². The Morgan fingerprint density at radius 3 is 2.52 bits per heavy atom. The van der Waals surface area contributed by atoms with E-state index in [0.717, 1.165) is 25.8 Å². The molecule has 0 spiro atoms. The van der Waals surface area contributed by atoms with E-state index < -0.39 is 42.0 Å². The SMILES string of the molecule is CCCCC[C@@H]1C[C@@H](C(=O)N[C@@H](C2OC(SC)C(O)C(O)C2O)[C@@H](C)O)N(C)C1. The first-order valence-corrected chi connectivity index (χ1v) is 11.9. The molecule has 8 nitrogen and oxygen atoms in total. The van der Waals surface area contributed by atoms with Crippen LogP contribution in [0.25, 0.3) is 0 Å². The summed E-state index contributed by atoms with van der Waals surface area (Å²) in [6, 6.07) is -1.20. The molecule has 0 bridgehead atoms. The molecule has 1 amide bonds. The van der Waals surface area contributed by atoms with Crippen molar-refractivity contribution in [3.63, 3.8) is 0 Å². The van der Waals surface area contributed by atoms with Crippen LogP contribution in [-0.2, 0) is 9.53 Å². The van der Waals surface area contributed by atoms with E-state index >= 15 is 0 Å². The molecule has 5 N–H and O–H groups in total. The second-order valence-corrected chi connectivity index (χ2v) is 9.44. The first-order valence-electron chi connectivity index (χ1n) is 10.6. The lowest BCUT2D eigenvalue weighted by Crippen LogP contribution is -2.65. The third kappa shape index (κ3) is 6.06. The summed E-state index contributed by atoms with van der Waals surface area (Å²) in [5, 5.41) is 43.7. The standard InChI is InChI=1S/C20H38N2O6S/c1-5-6-7-8-12-9-13(22(3)10-12)19(27)21-14(11(2)23)18-16(25)15(24)17(26)20(28-18)29-4/h11-18,20,23-26H,5-10H2,1-4H3,(H,21,27)/t11-,12-,13+,14-,15?,16?,17?,18?,20?/m1/s1. The lowest BCUT2D eigenvalue weighted by molar-refractivity contribution is -0.211. The highest BCUT2D eigenvalue weighted by molar-refractivity contribution is 7.99. The van der Waals surface area contributed by atoms with Gasteiger partial charge in [-0.3, -0.25) is 9.69 Å². The van der Waals surface area contributed by atoms with Crippen molar-refractivity contribution in [2.75, 3.05) is 19.8 Å². The van der Waals surface area contributed by atoms with Gasteiger partial charge in [-0.15, -0.1) is 11.8 Å². The summed E-state index contributed by atoms with van der Waals surface area (Å²) in [5.74, 6) is 0.259. The summed E-state index contributed by atoms with van der Waals surface area (Å²) in [4.78, 5) is 15.0. The van der Waals surface area contributed by atoms with Crippen molar-refractivity contribution in [3.8, 4) is 0 Å². The Labute approximate surface area is 178 Å². The third-order valence-electron chi connectivity index (χ3n) is 6.17. The zero-order valence-electron chi connectivity index (χ0n) is 17.9. The average Bonchev–Trinajstić information content (AvgIpc) is 3.05. The Kier molecular flexibility index (Phi) is 9.66. The zero-order valence-corrected chi connectivity index (χ0v) is 18.7. The number of hydrogen-bond donors (Lipinski definition) is 5. The van der Waals surface area contributed by atoms with Crippen molar-refractivity contribution < 1.29 is 30.0 Å². The van der Waals surface area contributed by atoms with Gasteiger partial charge < -0.3 is 30.5 Å². The molecule has 9 atom stereocenters. The van der Waals surface area contributed by atoms with Crippen molar-refractivity contribution in [2.45, 2.75) is 94.0 Å². The van der Waals surface area contributed by atoms with Crippen LogP contribution in [0.3, 0.4) is 0 Å². The maximum absolute atomic E-state index is 13.0. The van der Waals surface area contributed by atoms with E-state index in [9.17, 15) is 25.2 Å². The summed E-state index contributed by atoms with van der Waals surface area (Å²) >= 11 is 1.20. The first-order chi connectivity index (χ1) is 13.7. The number of amides is 1. The summed E-state index contributed by atoms with van der Waals surface area (Å²) in [7, 11) is 1.93. The normalized spacial score (nSPS) is 38.0. The number of likely N-dealkylation sites (N-methyl/N-ethyl adjacent to an activating group) is 1. The van der Waals surface area contributed by atoms with Crippen molar-refractivity contribution in [2.24, 2.45) is 5.92 Å². The molecule has 0 aliphatic carbocycles. The maximum atomic E-state index is 13.0. The fraction of sp³-hybridized carbons (Fsp3) is 0.950. The molecule has 29 heavy (non-hydrogen) atoms. The van der Waals surface area contributed by atoms with Gasteiger partial charge in [-0.1, -0.05) is 26.2 Å². The van der Waals surface area contributed by atoms with E-state index in [2.05, 4.69) is 12.2 Å². The highest BCUT2D eigenvalue weighted by Gasteiger charge is 2.48. The van der Waals surface area contributed by atoms with Gasteiger partial charge in [0.2, 0.25) is 5.91 Å². The van der Waals surface area contributed by atoms with E-state index in [1.807, 2.05) is 11.9 Å². The molecule has 9 heteroatoms. The number of unbranched alkanes of at least 4 members (excludes halogenated alkanes) is 2. The minimum atomic E-state index is -1.42. The van der Waals surface area contributed by atoms with Crippen LogP contribution in [0.2, 0.25) is 0 Å². The predicted octanol–water partition coefficient (Wildman–Crippen LogP) is -0.0768. The van der Waals surface area contributed by atoms with E-state index in [0.29, 0.717) is 5.92 Å². The highest BCUT2D eigenvalue weighted by Crippen LogP contribution is 2.30. The monoisotopic (exact) mass is 434 g/mol. The van der Waals surface area contributed by atoms with Crippen LogP contribution in [0.4, 0.5) is 0 Å². The molecule has 170 valence electrons. The Morgan fingerprint density at radius 2 is 1.93 bits per heavy atom. The molecule has 0 radical (unpaired) electrons. The second-order valence-electron chi connectivity index (χ2n) is 8.50. The smallest absolute Gasteiger partial charge is 0.237 e. The largest absolute Gasteiger partial charge is 0.391 e. The fourth-order valence-corrected chi connectivity index (χ4v) is 5.09. The number of likely N-dealkylation sites (tertiary alicyclic amines) is 1. The number of rotatable bonds is 9. The Hall–Kier alpha value is -0.420. The molecule has 0 aromatic carbocycles. The van der Waals surface area contributed by atoms with E-state index in [4.69, 9.17) is 4.74 Å². The lowest BCUT2D eigenvalue weighted by Gasteiger charge is -2.44. The Balaban J connectivity index is 2.03. The molecule has 2 saturated heterocycles. The molecule has 0 aromatic rings. The third-order valence-corrected chi connectivity index (χ3v) is 7.03. The van der Waals surface area contributed by atoms with Crippen molar-refractivity contribution in [1.29, 1.82) is 0 Å². The Morgan fingerprint density at radius 1 is 1.24 bits per heavy atom. The number of nitrogens with one attached hydrogen (secondary N) is 1. The van der Waals surface area contributed by atoms with Gasteiger partial charge in [0.05, 0.1) is 18.2 Å². The van der Waals surface area contributed by atoms with Crippen LogP contribution >= 0.6 is 11.8 Å². The average molecular weight is 435 g/mol. The number of ether oxygens (including phenoxy) is 1. The molecule has 2 heterocycles. The number of aliphatic hydroxyl groups excluding tert-OH is 4. The number of carbonyl (C=O) groups is 1. The molecule has 2 aliphatic heterocycles. The fourth-order valence-electron chi connectivity index (χ4n) is 4.41. The van der Waals surface area contributed by atoms with Crippen molar-refractivity contribution in [1.82, 2.24) is 10.2 Å². The predicted molar refractivity (Wildman–Crippen MR) is 112 cm³/mol. The Bertz CT molecular complexity index is 523. The highest BCUT2D eigenvalue weighted by atomic mass is 32.2. The molecule has 2 aliphatic rings. The molecule has 2 fully saturated rings. The minimum absolute atomic E-state index is 0.214. The summed E-state index contributed by atoms with van der Waals surface area (Å²) in [6.45, 7) is 4.55. The second kappa shape index (κ2) is 11.3. The topological polar surface area (TPSA) is 122 Å². The van der Waals surface area contributed by atoms with Crippen LogP contribution in [0.1, 0.15) is 46.0 Å². The number of aliphatic hydroxyl groups is 4. The lowest BCUT2D eigenvalue weighted by atomic mass is 9.91. The van der Waals surface area contributed by atoms with Gasteiger partial charge in [0.15, 0.2) is 0 Å². The van der Waals surface area contributed by atoms with Crippen LogP contribution in [0.5, 0.6) is 0 Å². The molecule has 5 unspecified atom stereocenters. The van der Waals surface area contributed by atoms with Gasteiger partial charge in [0.1, 0.15) is 29.9 Å². The quantitative estimate of drug-likeness (QED) is 0.320. The molecular formula is C20H38N2O6S. The van der Waals surface area contributed by atoms with Crippen LogP contribution in [-0.4, -0.2) is 99.1 Å². The van der Waals surface area contributed by atoms with Gasteiger partial charge in [-0.2, -0.15) is 0 Å². The van der Waals surface area contributed by atoms with Gasteiger partial charge in [-0.25, -0.2) is 0 Å².